The van der Waals surface area contributed by atoms with Crippen LogP contribution in [0.3, 0.4) is 0 Å². The first kappa shape index (κ1) is 19.6. The molecule has 1 atom stereocenters. The molecule has 4 aromatic rings. The molecule has 0 bridgehead atoms. The van der Waals surface area contributed by atoms with Crippen LogP contribution in [0.5, 0.6) is 5.75 Å². The highest BCUT2D eigenvalue weighted by Crippen LogP contribution is 2.40. The van der Waals surface area contributed by atoms with Gasteiger partial charge in [0.1, 0.15) is 11.9 Å². The summed E-state index contributed by atoms with van der Waals surface area (Å²) in [6.07, 6.45) is 4.43. The van der Waals surface area contributed by atoms with E-state index in [-0.39, 0.29) is 12.0 Å². The highest BCUT2D eigenvalue weighted by molar-refractivity contribution is 6.31. The van der Waals surface area contributed by atoms with Gasteiger partial charge >= 0.3 is 0 Å². The van der Waals surface area contributed by atoms with Crippen LogP contribution >= 0.6 is 11.6 Å². The fourth-order valence-corrected chi connectivity index (χ4v) is 4.51. The summed E-state index contributed by atoms with van der Waals surface area (Å²) in [7, 11) is 0. The minimum Gasteiger partial charge on any atom is -0.487 e. The molecule has 5 nitrogen and oxygen atoms in total. The Labute approximate surface area is 185 Å². The molecule has 1 aliphatic rings. The summed E-state index contributed by atoms with van der Waals surface area (Å²) in [5, 5.41) is 4.81. The number of fused-ring (bicyclic) bond motifs is 2. The first-order valence-electron chi connectivity index (χ1n) is 10.3. The Hall–Kier alpha value is -3.31. The Bertz CT molecular complexity index is 1270. The summed E-state index contributed by atoms with van der Waals surface area (Å²) in [5.74, 6) is 0.821. The maximum atomic E-state index is 12.7. The van der Waals surface area contributed by atoms with E-state index in [1.807, 2.05) is 55.5 Å². The number of hydrogen-bond acceptors (Lipinski definition) is 3. The van der Waals surface area contributed by atoms with E-state index < -0.39 is 0 Å². The number of benzene rings is 2. The van der Waals surface area contributed by atoms with Crippen LogP contribution in [0, 0.1) is 6.92 Å². The number of aryl methyl sites for hydroxylation is 1. The molecule has 156 valence electrons. The standard InChI is InChI=1S/C25H22ClN3O2/c1-15-21(20-4-2-3-5-23(20)29-15)13-24(30)28-14-19-11-17-10-18(26)12-22(25(17)31-19)16-6-8-27-9-7-16/h2-10,12,19,29H,11,13-14H2,1H3,(H,28,30). The normalized spacial score (nSPS) is 15.0. The Kier molecular flexibility index (Phi) is 5.12. The number of nitrogens with zero attached hydrogens (tertiary/aromatic N) is 1. The van der Waals surface area contributed by atoms with Gasteiger partial charge in [-0.25, -0.2) is 0 Å². The number of nitrogens with one attached hydrogen (secondary N) is 2. The summed E-state index contributed by atoms with van der Waals surface area (Å²) in [5.41, 5.74) is 6.14. The van der Waals surface area contributed by atoms with E-state index in [1.54, 1.807) is 12.4 Å². The summed E-state index contributed by atoms with van der Waals surface area (Å²) in [6, 6.07) is 15.8. The van der Waals surface area contributed by atoms with Gasteiger partial charge in [0.25, 0.3) is 0 Å². The minimum atomic E-state index is -0.123. The van der Waals surface area contributed by atoms with Crippen molar-refractivity contribution in [2.75, 3.05) is 6.54 Å². The van der Waals surface area contributed by atoms with Crippen LogP contribution in [-0.4, -0.2) is 28.5 Å². The average molecular weight is 432 g/mol. The number of carbonyl (C=O) groups is 1. The third-order valence-corrected chi connectivity index (χ3v) is 5.96. The Morgan fingerprint density at radius 1 is 1.23 bits per heavy atom. The van der Waals surface area contributed by atoms with Gasteiger partial charge in [0.15, 0.2) is 0 Å². The number of aromatic amines is 1. The van der Waals surface area contributed by atoms with Crippen LogP contribution < -0.4 is 10.1 Å². The van der Waals surface area contributed by atoms with Gasteiger partial charge in [-0.2, -0.15) is 0 Å². The maximum absolute atomic E-state index is 12.7. The SMILES string of the molecule is Cc1[nH]c2ccccc2c1CC(=O)NCC1Cc2cc(Cl)cc(-c3ccncc3)c2O1. The number of halogens is 1. The molecule has 0 spiro atoms. The van der Waals surface area contributed by atoms with Crippen molar-refractivity contribution < 1.29 is 9.53 Å². The van der Waals surface area contributed by atoms with E-state index in [4.69, 9.17) is 16.3 Å². The van der Waals surface area contributed by atoms with E-state index in [2.05, 4.69) is 15.3 Å². The van der Waals surface area contributed by atoms with Crippen molar-refractivity contribution in [3.8, 4) is 16.9 Å². The first-order valence-corrected chi connectivity index (χ1v) is 10.7. The number of H-pyrrole nitrogens is 1. The van der Waals surface area contributed by atoms with Crippen LogP contribution in [-0.2, 0) is 17.6 Å². The molecule has 6 heteroatoms. The minimum absolute atomic E-state index is 0.0141. The number of carbonyl (C=O) groups excluding carboxylic acids is 1. The Balaban J connectivity index is 1.27. The zero-order valence-corrected chi connectivity index (χ0v) is 17.9. The highest BCUT2D eigenvalue weighted by atomic mass is 35.5. The van der Waals surface area contributed by atoms with Gasteiger partial charge in [-0.05, 0) is 48.4 Å². The summed E-state index contributed by atoms with van der Waals surface area (Å²) in [4.78, 5) is 20.1. The van der Waals surface area contributed by atoms with Gasteiger partial charge in [0.2, 0.25) is 5.91 Å². The van der Waals surface area contributed by atoms with E-state index >= 15 is 0 Å². The molecule has 5 rings (SSSR count). The second-order valence-electron chi connectivity index (χ2n) is 7.88. The maximum Gasteiger partial charge on any atom is 0.224 e. The number of rotatable bonds is 5. The predicted octanol–water partition coefficient (Wildman–Crippen LogP) is 4.85. The number of amides is 1. The van der Waals surface area contributed by atoms with E-state index in [0.717, 1.165) is 44.6 Å². The molecular weight excluding hydrogens is 410 g/mol. The molecular formula is C25H22ClN3O2. The molecule has 0 fully saturated rings. The molecule has 3 heterocycles. The highest BCUT2D eigenvalue weighted by Gasteiger charge is 2.27. The molecule has 0 radical (unpaired) electrons. The first-order chi connectivity index (χ1) is 15.1. The largest absolute Gasteiger partial charge is 0.487 e. The lowest BCUT2D eigenvalue weighted by molar-refractivity contribution is -0.120. The molecule has 2 aromatic heterocycles. The van der Waals surface area contributed by atoms with E-state index in [1.165, 1.54) is 0 Å². The molecule has 0 saturated carbocycles. The molecule has 1 unspecified atom stereocenters. The van der Waals surface area contributed by atoms with Crippen molar-refractivity contribution >= 4 is 28.4 Å². The molecule has 0 saturated heterocycles. The third kappa shape index (κ3) is 3.89. The average Bonchev–Trinajstić information content (AvgIpc) is 3.32. The van der Waals surface area contributed by atoms with Crippen LogP contribution in [0.2, 0.25) is 5.02 Å². The number of para-hydroxylation sites is 1. The molecule has 1 amide bonds. The molecule has 2 N–H and O–H groups in total. The van der Waals surface area contributed by atoms with E-state index in [0.29, 0.717) is 24.4 Å². The van der Waals surface area contributed by atoms with Gasteiger partial charge in [0, 0.05) is 51.6 Å². The van der Waals surface area contributed by atoms with Crippen molar-refractivity contribution in [2.45, 2.75) is 25.9 Å². The fraction of sp³-hybridized carbons (Fsp3) is 0.200. The topological polar surface area (TPSA) is 67.0 Å². The zero-order valence-electron chi connectivity index (χ0n) is 17.1. The van der Waals surface area contributed by atoms with Crippen molar-refractivity contribution in [3.63, 3.8) is 0 Å². The van der Waals surface area contributed by atoms with Crippen LogP contribution in [0.25, 0.3) is 22.0 Å². The van der Waals surface area contributed by atoms with Crippen LogP contribution in [0.4, 0.5) is 0 Å². The molecule has 31 heavy (non-hydrogen) atoms. The summed E-state index contributed by atoms with van der Waals surface area (Å²) >= 11 is 6.35. The monoisotopic (exact) mass is 431 g/mol. The number of aromatic nitrogens is 2. The van der Waals surface area contributed by atoms with Gasteiger partial charge in [-0.1, -0.05) is 29.8 Å². The van der Waals surface area contributed by atoms with Gasteiger partial charge in [-0.15, -0.1) is 0 Å². The van der Waals surface area contributed by atoms with Crippen molar-refractivity contribution in [1.29, 1.82) is 0 Å². The summed E-state index contributed by atoms with van der Waals surface area (Å²) < 4.78 is 6.23. The third-order valence-electron chi connectivity index (χ3n) is 5.75. The quantitative estimate of drug-likeness (QED) is 0.474. The van der Waals surface area contributed by atoms with Crippen molar-refractivity contribution in [1.82, 2.24) is 15.3 Å². The smallest absolute Gasteiger partial charge is 0.224 e. The van der Waals surface area contributed by atoms with E-state index in [9.17, 15) is 4.79 Å². The van der Waals surface area contributed by atoms with Gasteiger partial charge in [-0.3, -0.25) is 9.78 Å². The predicted molar refractivity (Wildman–Crippen MR) is 123 cm³/mol. The van der Waals surface area contributed by atoms with Crippen molar-refractivity contribution in [2.24, 2.45) is 0 Å². The molecule has 1 aliphatic heterocycles. The fourth-order valence-electron chi connectivity index (χ4n) is 4.27. The van der Waals surface area contributed by atoms with Gasteiger partial charge < -0.3 is 15.0 Å². The van der Waals surface area contributed by atoms with Gasteiger partial charge in [0.05, 0.1) is 13.0 Å². The van der Waals surface area contributed by atoms with Crippen molar-refractivity contribution in [3.05, 3.63) is 82.8 Å². The zero-order chi connectivity index (χ0) is 21.4. The molecule has 2 aromatic carbocycles. The second-order valence-corrected chi connectivity index (χ2v) is 8.31. The Morgan fingerprint density at radius 3 is 2.87 bits per heavy atom. The number of pyridine rings is 1. The molecule has 0 aliphatic carbocycles. The lowest BCUT2D eigenvalue weighted by atomic mass is 10.0. The second kappa shape index (κ2) is 8.08. The Morgan fingerprint density at radius 2 is 2.03 bits per heavy atom. The van der Waals surface area contributed by atoms with Crippen LogP contribution in [0.15, 0.2) is 60.9 Å². The number of ether oxygens (including phenoxy) is 1. The van der Waals surface area contributed by atoms with Crippen LogP contribution in [0.1, 0.15) is 16.8 Å². The lowest BCUT2D eigenvalue weighted by Crippen LogP contribution is -2.35. The summed E-state index contributed by atoms with van der Waals surface area (Å²) in [6.45, 7) is 2.45. The number of hydrogen-bond donors (Lipinski definition) is 2. The lowest BCUT2D eigenvalue weighted by Gasteiger charge is -2.14.